The number of benzene rings is 2. The van der Waals surface area contributed by atoms with Crippen molar-refractivity contribution in [2.75, 3.05) is 14.2 Å². The Morgan fingerprint density at radius 1 is 0.964 bits per heavy atom. The van der Waals surface area contributed by atoms with Crippen LogP contribution in [0.25, 0.3) is 0 Å². The number of esters is 1. The van der Waals surface area contributed by atoms with Gasteiger partial charge in [-0.1, -0.05) is 74.5 Å². The molecular weight excluding hydrogens is 376 g/mol. The van der Waals surface area contributed by atoms with Gasteiger partial charge in [-0.25, -0.2) is 4.21 Å². The summed E-state index contributed by atoms with van der Waals surface area (Å²) in [6, 6.07) is 18.6. The molecule has 28 heavy (non-hydrogen) atoms. The van der Waals surface area contributed by atoms with Crippen molar-refractivity contribution in [2.24, 2.45) is 5.92 Å². The molecule has 6 nitrogen and oxygen atoms in total. The summed E-state index contributed by atoms with van der Waals surface area (Å²) in [5, 5.41) is 1.51. The summed E-state index contributed by atoms with van der Waals surface area (Å²) in [6.45, 7) is 4.55. The van der Waals surface area contributed by atoms with Crippen LogP contribution in [0.5, 0.6) is 0 Å². The first-order valence-corrected chi connectivity index (χ1v) is 10.2. The number of carbonyl (C=O) groups is 1. The van der Waals surface area contributed by atoms with E-state index >= 15 is 0 Å². The van der Waals surface area contributed by atoms with Crippen molar-refractivity contribution >= 4 is 17.2 Å². The summed E-state index contributed by atoms with van der Waals surface area (Å²) in [5.41, 5.74) is 1.96. The van der Waals surface area contributed by atoms with E-state index < -0.39 is 23.3 Å². The van der Waals surface area contributed by atoms with Crippen molar-refractivity contribution in [1.29, 1.82) is 0 Å². The van der Waals surface area contributed by atoms with Gasteiger partial charge >= 0.3 is 5.97 Å². The van der Waals surface area contributed by atoms with Crippen molar-refractivity contribution in [2.45, 2.75) is 33.0 Å². The van der Waals surface area contributed by atoms with Crippen LogP contribution in [-0.2, 0) is 38.2 Å². The minimum absolute atomic E-state index is 0.108. The molecule has 2 aromatic carbocycles. The summed E-state index contributed by atoms with van der Waals surface area (Å²) >= 11 is -1.88. The first kappa shape index (κ1) is 22.2. The van der Waals surface area contributed by atoms with Gasteiger partial charge in [0.1, 0.15) is 6.04 Å². The predicted octanol–water partition coefficient (Wildman–Crippen LogP) is 3.33. The van der Waals surface area contributed by atoms with Gasteiger partial charge in [-0.05, 0) is 17.0 Å². The molecule has 0 saturated heterocycles. The molecule has 0 aromatic heterocycles. The second-order valence-corrected chi connectivity index (χ2v) is 7.89. The van der Waals surface area contributed by atoms with Crippen molar-refractivity contribution in [3.63, 3.8) is 0 Å². The molecule has 7 heteroatoms. The third-order valence-electron chi connectivity index (χ3n) is 4.20. The fraction of sp³-hybridized carbons (Fsp3) is 0.381. The second-order valence-electron chi connectivity index (χ2n) is 6.84. The third-order valence-corrected chi connectivity index (χ3v) is 5.32. The summed E-state index contributed by atoms with van der Waals surface area (Å²) in [7, 11) is 3.05. The molecule has 0 heterocycles. The van der Waals surface area contributed by atoms with E-state index in [9.17, 15) is 9.00 Å². The normalized spacial score (nSPS) is 13.7. The lowest BCUT2D eigenvalue weighted by molar-refractivity contribution is -0.147. The van der Waals surface area contributed by atoms with Gasteiger partial charge in [-0.3, -0.25) is 4.79 Å². The number of ether oxygens (including phenoxy) is 1. The molecule has 0 radical (unpaired) electrons. The number of methoxy groups -OCH3 is 1. The zero-order valence-corrected chi connectivity index (χ0v) is 17.6. The zero-order valence-electron chi connectivity index (χ0n) is 16.8. The summed E-state index contributed by atoms with van der Waals surface area (Å²) < 4.78 is 25.2. The first-order valence-electron chi connectivity index (χ1n) is 9.16. The van der Waals surface area contributed by atoms with E-state index in [-0.39, 0.29) is 5.92 Å². The summed E-state index contributed by atoms with van der Waals surface area (Å²) in [4.78, 5) is 12.4. The topological polar surface area (TPSA) is 59.1 Å². The van der Waals surface area contributed by atoms with Crippen molar-refractivity contribution in [3.8, 4) is 0 Å². The average molecular weight is 405 g/mol. The molecule has 2 atom stereocenters. The van der Waals surface area contributed by atoms with E-state index in [4.69, 9.17) is 9.02 Å². The Labute approximate surface area is 169 Å². The van der Waals surface area contributed by atoms with Gasteiger partial charge in [-0.2, -0.15) is 13.7 Å². The molecule has 0 amide bonds. The van der Waals surface area contributed by atoms with E-state index in [2.05, 4.69) is 0 Å². The standard InChI is InChI=1S/C21H28N2O4S/c1-17(2)20(21(24)26-4)23(16-19-13-9-6-10-14-19)28(25)27-22(3)15-18-11-7-5-8-12-18/h5-14,17,20H,15-16H2,1-4H3. The Morgan fingerprint density at radius 2 is 1.46 bits per heavy atom. The number of rotatable bonds is 10. The van der Waals surface area contributed by atoms with E-state index in [1.165, 1.54) is 16.5 Å². The van der Waals surface area contributed by atoms with Crippen molar-refractivity contribution < 1.29 is 18.0 Å². The molecule has 0 bridgehead atoms. The Bertz CT molecular complexity index is 756. The van der Waals surface area contributed by atoms with Crippen LogP contribution in [0, 0.1) is 5.92 Å². The molecule has 0 fully saturated rings. The largest absolute Gasteiger partial charge is 0.468 e. The van der Waals surface area contributed by atoms with Crippen LogP contribution in [0.2, 0.25) is 0 Å². The lowest BCUT2D eigenvalue weighted by Crippen LogP contribution is -2.47. The Balaban J connectivity index is 2.18. The molecule has 2 unspecified atom stereocenters. The second kappa shape index (κ2) is 11.1. The van der Waals surface area contributed by atoms with Crippen LogP contribution in [0.15, 0.2) is 60.7 Å². The molecule has 0 saturated carbocycles. The van der Waals surface area contributed by atoms with E-state index in [1.54, 1.807) is 7.05 Å². The predicted molar refractivity (Wildman–Crippen MR) is 110 cm³/mol. The fourth-order valence-corrected chi connectivity index (χ4v) is 3.99. The maximum Gasteiger partial charge on any atom is 0.324 e. The smallest absolute Gasteiger partial charge is 0.324 e. The van der Waals surface area contributed by atoms with Gasteiger partial charge in [0.05, 0.1) is 13.7 Å². The molecule has 0 aliphatic heterocycles. The molecule has 152 valence electrons. The number of nitrogens with zero attached hydrogens (tertiary/aromatic N) is 2. The monoisotopic (exact) mass is 404 g/mol. The van der Waals surface area contributed by atoms with Crippen LogP contribution < -0.4 is 0 Å². The number of hydrogen-bond donors (Lipinski definition) is 0. The number of hydrogen-bond acceptors (Lipinski definition) is 5. The van der Waals surface area contributed by atoms with Crippen LogP contribution >= 0.6 is 0 Å². The quantitative estimate of drug-likeness (QED) is 0.449. The highest BCUT2D eigenvalue weighted by molar-refractivity contribution is 7.77. The molecule has 0 N–H and O–H groups in total. The Kier molecular flexibility index (Phi) is 8.79. The lowest BCUT2D eigenvalue weighted by atomic mass is 10.0. The number of hydroxylamine groups is 2. The Hall–Kier alpha value is -2.06. The minimum atomic E-state index is -1.88. The molecule has 0 spiro atoms. The maximum atomic E-state index is 13.1. The van der Waals surface area contributed by atoms with Crippen molar-refractivity contribution in [3.05, 3.63) is 71.8 Å². The molecule has 0 aliphatic rings. The molecule has 2 aromatic rings. The summed E-state index contributed by atoms with van der Waals surface area (Å²) in [5.74, 6) is -0.545. The maximum absolute atomic E-state index is 13.1. The highest BCUT2D eigenvalue weighted by atomic mass is 32.2. The van der Waals surface area contributed by atoms with Crippen molar-refractivity contribution in [1.82, 2.24) is 9.37 Å². The SMILES string of the molecule is COC(=O)C(C(C)C)N(Cc1ccccc1)S(=O)ON(C)Cc1ccccc1. The van der Waals surface area contributed by atoms with Crippen LogP contribution in [0.4, 0.5) is 0 Å². The highest BCUT2D eigenvalue weighted by Crippen LogP contribution is 2.20. The molecular formula is C21H28N2O4S. The van der Waals surface area contributed by atoms with E-state index in [1.807, 2.05) is 74.5 Å². The van der Waals surface area contributed by atoms with E-state index in [0.717, 1.165) is 11.1 Å². The first-order chi connectivity index (χ1) is 13.4. The van der Waals surface area contributed by atoms with Crippen LogP contribution in [-0.4, -0.2) is 39.7 Å². The third kappa shape index (κ3) is 6.53. The van der Waals surface area contributed by atoms with Gasteiger partial charge in [0.25, 0.3) is 11.3 Å². The zero-order chi connectivity index (χ0) is 20.5. The van der Waals surface area contributed by atoms with Crippen LogP contribution in [0.3, 0.4) is 0 Å². The lowest BCUT2D eigenvalue weighted by Gasteiger charge is -2.31. The van der Waals surface area contributed by atoms with E-state index in [0.29, 0.717) is 13.1 Å². The fourth-order valence-electron chi connectivity index (χ4n) is 2.87. The van der Waals surface area contributed by atoms with Crippen LogP contribution in [0.1, 0.15) is 25.0 Å². The molecule has 0 aliphatic carbocycles. The average Bonchev–Trinajstić information content (AvgIpc) is 2.68. The molecule has 2 rings (SSSR count). The number of carbonyl (C=O) groups excluding carboxylic acids is 1. The Morgan fingerprint density at radius 3 is 1.93 bits per heavy atom. The minimum Gasteiger partial charge on any atom is -0.468 e. The van der Waals surface area contributed by atoms with Gasteiger partial charge in [-0.15, -0.1) is 0 Å². The highest BCUT2D eigenvalue weighted by Gasteiger charge is 2.35. The van der Waals surface area contributed by atoms with Gasteiger partial charge in [0.2, 0.25) is 0 Å². The van der Waals surface area contributed by atoms with Gasteiger partial charge in [0, 0.05) is 13.6 Å². The summed E-state index contributed by atoms with van der Waals surface area (Å²) in [6.07, 6.45) is 0. The van der Waals surface area contributed by atoms with Gasteiger partial charge in [0.15, 0.2) is 0 Å². The van der Waals surface area contributed by atoms with Gasteiger partial charge < -0.3 is 4.74 Å².